The molecule has 0 bridgehead atoms. The highest BCUT2D eigenvalue weighted by Gasteiger charge is 1.99. The third kappa shape index (κ3) is 4.90. The smallest absolute Gasteiger partial charge is 0.123 e. The summed E-state index contributed by atoms with van der Waals surface area (Å²) in [4.78, 5) is 0. The van der Waals surface area contributed by atoms with E-state index in [9.17, 15) is 4.39 Å². The molecule has 1 nitrogen and oxygen atoms in total. The van der Waals surface area contributed by atoms with Crippen LogP contribution in [0, 0.1) is 5.82 Å². The highest BCUT2D eigenvalue weighted by Crippen LogP contribution is 2.18. The van der Waals surface area contributed by atoms with E-state index in [1.807, 2.05) is 0 Å². The van der Waals surface area contributed by atoms with Crippen LogP contribution in [-0.2, 0) is 6.42 Å². The standard InChI is InChI=1S/C13H17BrFN/c1-2-16-9-5-3-4-6-11-10-12(15)7-8-13(11)14/h3-4,7-8,10,16H,2,5-6,9H2,1H3. The fourth-order valence-corrected chi connectivity index (χ4v) is 1.80. The Labute approximate surface area is 105 Å². The quantitative estimate of drug-likeness (QED) is 0.621. The SMILES string of the molecule is CCNCCC=CCc1cc(F)ccc1Br. The molecule has 0 spiro atoms. The Morgan fingerprint density at radius 3 is 2.94 bits per heavy atom. The van der Waals surface area contributed by atoms with E-state index in [2.05, 4.69) is 40.3 Å². The summed E-state index contributed by atoms with van der Waals surface area (Å²) in [5.41, 5.74) is 0.986. The molecule has 1 N–H and O–H groups in total. The Hall–Kier alpha value is -0.670. The van der Waals surface area contributed by atoms with Crippen LogP contribution in [-0.4, -0.2) is 13.1 Å². The first-order valence-electron chi connectivity index (χ1n) is 5.53. The molecule has 1 aromatic rings. The molecule has 0 aliphatic rings. The van der Waals surface area contributed by atoms with Gasteiger partial charge >= 0.3 is 0 Å². The van der Waals surface area contributed by atoms with Crippen LogP contribution in [0.1, 0.15) is 18.9 Å². The van der Waals surface area contributed by atoms with Crippen LogP contribution in [0.4, 0.5) is 4.39 Å². The zero-order valence-corrected chi connectivity index (χ0v) is 11.1. The lowest BCUT2D eigenvalue weighted by molar-refractivity contribution is 0.625. The molecule has 88 valence electrons. The molecule has 0 atom stereocenters. The zero-order valence-electron chi connectivity index (χ0n) is 9.47. The van der Waals surface area contributed by atoms with Gasteiger partial charge in [0.1, 0.15) is 5.82 Å². The van der Waals surface area contributed by atoms with Gasteiger partial charge in [-0.3, -0.25) is 0 Å². The minimum atomic E-state index is -0.181. The van der Waals surface area contributed by atoms with Crippen LogP contribution in [0.5, 0.6) is 0 Å². The minimum absolute atomic E-state index is 0.181. The first kappa shape index (κ1) is 13.4. The molecule has 0 amide bonds. The van der Waals surface area contributed by atoms with Crippen molar-refractivity contribution in [3.05, 3.63) is 46.2 Å². The largest absolute Gasteiger partial charge is 0.317 e. The van der Waals surface area contributed by atoms with Gasteiger partial charge in [-0.05, 0) is 49.7 Å². The van der Waals surface area contributed by atoms with Gasteiger partial charge in [0.2, 0.25) is 0 Å². The third-order valence-corrected chi connectivity index (χ3v) is 3.02. The van der Waals surface area contributed by atoms with Crippen molar-refractivity contribution in [2.45, 2.75) is 19.8 Å². The Morgan fingerprint density at radius 1 is 1.38 bits per heavy atom. The monoisotopic (exact) mass is 285 g/mol. The van der Waals surface area contributed by atoms with Gasteiger partial charge in [0.05, 0.1) is 0 Å². The van der Waals surface area contributed by atoms with Crippen LogP contribution >= 0.6 is 15.9 Å². The van der Waals surface area contributed by atoms with Crippen molar-refractivity contribution >= 4 is 15.9 Å². The second kappa shape index (κ2) is 7.58. The molecule has 3 heteroatoms. The lowest BCUT2D eigenvalue weighted by Gasteiger charge is -2.01. The number of nitrogens with one attached hydrogen (secondary N) is 1. The van der Waals surface area contributed by atoms with E-state index in [1.54, 1.807) is 12.1 Å². The van der Waals surface area contributed by atoms with Crippen LogP contribution in [0.3, 0.4) is 0 Å². The fourth-order valence-electron chi connectivity index (χ4n) is 1.39. The second-order valence-corrected chi connectivity index (χ2v) is 4.41. The molecule has 0 fully saturated rings. The maximum atomic E-state index is 13.0. The predicted molar refractivity (Wildman–Crippen MR) is 70.1 cm³/mol. The maximum absolute atomic E-state index is 13.0. The van der Waals surface area contributed by atoms with Crippen molar-refractivity contribution in [2.75, 3.05) is 13.1 Å². The predicted octanol–water partition coefficient (Wildman–Crippen LogP) is 3.69. The van der Waals surface area contributed by atoms with Gasteiger partial charge in [-0.1, -0.05) is 35.0 Å². The van der Waals surface area contributed by atoms with Gasteiger partial charge in [0.15, 0.2) is 0 Å². The normalized spacial score (nSPS) is 11.2. The lowest BCUT2D eigenvalue weighted by Crippen LogP contribution is -2.12. The first-order valence-corrected chi connectivity index (χ1v) is 6.33. The van der Waals surface area contributed by atoms with E-state index >= 15 is 0 Å². The van der Waals surface area contributed by atoms with Gasteiger partial charge in [0, 0.05) is 4.47 Å². The number of rotatable bonds is 6. The average Bonchev–Trinajstić information content (AvgIpc) is 2.28. The van der Waals surface area contributed by atoms with Crippen LogP contribution in [0.15, 0.2) is 34.8 Å². The van der Waals surface area contributed by atoms with Crippen molar-refractivity contribution in [3.8, 4) is 0 Å². The van der Waals surface area contributed by atoms with E-state index in [-0.39, 0.29) is 5.82 Å². The van der Waals surface area contributed by atoms with E-state index in [0.29, 0.717) is 0 Å². The minimum Gasteiger partial charge on any atom is -0.317 e. The Kier molecular flexibility index (Phi) is 6.34. The molecule has 0 saturated carbocycles. The Morgan fingerprint density at radius 2 is 2.19 bits per heavy atom. The van der Waals surface area contributed by atoms with Crippen molar-refractivity contribution in [1.29, 1.82) is 0 Å². The summed E-state index contributed by atoms with van der Waals surface area (Å²) in [6.45, 7) is 4.09. The summed E-state index contributed by atoms with van der Waals surface area (Å²) in [5, 5.41) is 3.25. The van der Waals surface area contributed by atoms with Gasteiger partial charge in [-0.25, -0.2) is 4.39 Å². The molecular formula is C13H17BrFN. The Balaban J connectivity index is 2.39. The van der Waals surface area contributed by atoms with Crippen molar-refractivity contribution in [1.82, 2.24) is 5.32 Å². The summed E-state index contributed by atoms with van der Waals surface area (Å²) in [6.07, 6.45) is 5.99. The molecule has 0 aliphatic heterocycles. The first-order chi connectivity index (χ1) is 7.74. The summed E-state index contributed by atoms with van der Waals surface area (Å²) < 4.78 is 13.9. The topological polar surface area (TPSA) is 12.0 Å². The highest BCUT2D eigenvalue weighted by atomic mass is 79.9. The third-order valence-electron chi connectivity index (χ3n) is 2.25. The lowest BCUT2D eigenvalue weighted by atomic mass is 10.1. The van der Waals surface area contributed by atoms with Crippen molar-refractivity contribution in [2.24, 2.45) is 0 Å². The maximum Gasteiger partial charge on any atom is 0.123 e. The Bertz CT molecular complexity index is 350. The van der Waals surface area contributed by atoms with E-state index < -0.39 is 0 Å². The van der Waals surface area contributed by atoms with E-state index in [0.717, 1.165) is 36.0 Å². The summed E-state index contributed by atoms with van der Waals surface area (Å²) in [6, 6.07) is 4.78. The molecule has 1 aromatic carbocycles. The molecule has 0 aliphatic carbocycles. The van der Waals surface area contributed by atoms with Crippen LogP contribution in [0.2, 0.25) is 0 Å². The number of allylic oxidation sites excluding steroid dienone is 1. The second-order valence-electron chi connectivity index (χ2n) is 3.55. The summed E-state index contributed by atoms with van der Waals surface area (Å²) >= 11 is 3.41. The van der Waals surface area contributed by atoms with Gasteiger partial charge in [0.25, 0.3) is 0 Å². The van der Waals surface area contributed by atoms with Crippen LogP contribution < -0.4 is 5.32 Å². The molecule has 16 heavy (non-hydrogen) atoms. The fraction of sp³-hybridized carbons (Fsp3) is 0.385. The van der Waals surface area contributed by atoms with E-state index in [4.69, 9.17) is 0 Å². The van der Waals surface area contributed by atoms with Gasteiger partial charge < -0.3 is 5.32 Å². The summed E-state index contributed by atoms with van der Waals surface area (Å²) in [7, 11) is 0. The van der Waals surface area contributed by atoms with Crippen LogP contribution in [0.25, 0.3) is 0 Å². The van der Waals surface area contributed by atoms with E-state index in [1.165, 1.54) is 6.07 Å². The number of hydrogen-bond donors (Lipinski definition) is 1. The molecule has 1 rings (SSSR count). The highest BCUT2D eigenvalue weighted by molar-refractivity contribution is 9.10. The number of benzene rings is 1. The van der Waals surface area contributed by atoms with Crippen molar-refractivity contribution in [3.63, 3.8) is 0 Å². The molecule has 0 heterocycles. The molecular weight excluding hydrogens is 269 g/mol. The molecule has 0 radical (unpaired) electrons. The van der Waals surface area contributed by atoms with Crippen molar-refractivity contribution < 1.29 is 4.39 Å². The molecule has 0 aromatic heterocycles. The zero-order chi connectivity index (χ0) is 11.8. The molecule has 0 unspecified atom stereocenters. The molecule has 0 saturated heterocycles. The average molecular weight is 286 g/mol. The van der Waals surface area contributed by atoms with Gasteiger partial charge in [-0.2, -0.15) is 0 Å². The number of hydrogen-bond acceptors (Lipinski definition) is 1. The number of halogens is 2. The van der Waals surface area contributed by atoms with Gasteiger partial charge in [-0.15, -0.1) is 0 Å². The summed E-state index contributed by atoms with van der Waals surface area (Å²) in [5.74, 6) is -0.181.